The summed E-state index contributed by atoms with van der Waals surface area (Å²) < 4.78 is 6.37. The van der Waals surface area contributed by atoms with Crippen molar-refractivity contribution in [1.29, 1.82) is 0 Å². The zero-order chi connectivity index (χ0) is 24.8. The van der Waals surface area contributed by atoms with E-state index in [2.05, 4.69) is 77.3 Å². The first kappa shape index (κ1) is 27.5. The Balaban J connectivity index is 2.03. The molecule has 0 aliphatic carbocycles. The average Bonchev–Trinajstić information content (AvgIpc) is 3.13. The van der Waals surface area contributed by atoms with Gasteiger partial charge in [0.15, 0.2) is 11.4 Å². The highest BCUT2D eigenvalue weighted by molar-refractivity contribution is 5.95. The van der Waals surface area contributed by atoms with Gasteiger partial charge in [0, 0.05) is 17.5 Å². The third-order valence-corrected chi connectivity index (χ3v) is 6.22. The molecule has 1 N–H and O–H groups in total. The van der Waals surface area contributed by atoms with Crippen LogP contribution in [0.5, 0.6) is 0 Å². The molecule has 1 unspecified atom stereocenters. The summed E-state index contributed by atoms with van der Waals surface area (Å²) in [6.07, 6.45) is 8.91. The van der Waals surface area contributed by atoms with Gasteiger partial charge in [0.2, 0.25) is 0 Å². The number of aromatic nitrogens is 3. The second-order valence-electron chi connectivity index (χ2n) is 12.1. The second kappa shape index (κ2) is 11.6. The van der Waals surface area contributed by atoms with Gasteiger partial charge >= 0.3 is 0 Å². The van der Waals surface area contributed by atoms with Gasteiger partial charge in [0.1, 0.15) is 11.2 Å². The van der Waals surface area contributed by atoms with Crippen LogP contribution in [0.25, 0.3) is 11.2 Å². The Bertz CT molecular complexity index is 887. The maximum absolute atomic E-state index is 12.9. The molecule has 0 aromatic carbocycles. The van der Waals surface area contributed by atoms with Crippen LogP contribution in [0.4, 0.5) is 0 Å². The van der Waals surface area contributed by atoms with Crippen molar-refractivity contribution in [3.63, 3.8) is 0 Å². The van der Waals surface area contributed by atoms with E-state index in [0.717, 1.165) is 30.5 Å². The SMILES string of the molecule is CCC[C@@H](CCC(C)(C)C)C(CCCC(=O)c1cnc2cc(C(C)(C)C)[nH]c2n1)OC(C)C. The van der Waals surface area contributed by atoms with Crippen LogP contribution in [-0.4, -0.2) is 32.9 Å². The summed E-state index contributed by atoms with van der Waals surface area (Å²) in [4.78, 5) is 25.3. The molecule has 5 heteroatoms. The lowest BCUT2D eigenvalue weighted by Gasteiger charge is -2.31. The molecule has 33 heavy (non-hydrogen) atoms. The number of hydrogen-bond donors (Lipinski definition) is 1. The fraction of sp³-hybridized carbons (Fsp3) is 0.750. The van der Waals surface area contributed by atoms with Crippen molar-refractivity contribution in [3.8, 4) is 0 Å². The van der Waals surface area contributed by atoms with Gasteiger partial charge in [-0.1, -0.05) is 54.9 Å². The Morgan fingerprint density at radius 1 is 1.09 bits per heavy atom. The van der Waals surface area contributed by atoms with Gasteiger partial charge < -0.3 is 9.72 Å². The molecular formula is C28H47N3O2. The summed E-state index contributed by atoms with van der Waals surface area (Å²) in [5.74, 6) is 0.596. The number of aromatic amines is 1. The minimum absolute atomic E-state index is 0.0139. The third-order valence-electron chi connectivity index (χ3n) is 6.22. The molecule has 0 spiro atoms. The smallest absolute Gasteiger partial charge is 0.182 e. The summed E-state index contributed by atoms with van der Waals surface area (Å²) in [7, 11) is 0. The van der Waals surface area contributed by atoms with Crippen molar-refractivity contribution in [3.05, 3.63) is 23.7 Å². The van der Waals surface area contributed by atoms with Gasteiger partial charge in [-0.2, -0.15) is 0 Å². The molecule has 0 fully saturated rings. The van der Waals surface area contributed by atoms with E-state index in [4.69, 9.17) is 4.74 Å². The van der Waals surface area contributed by atoms with Crippen molar-refractivity contribution in [2.45, 2.75) is 125 Å². The quantitative estimate of drug-likeness (QED) is 0.332. The Hall–Kier alpha value is -1.75. The van der Waals surface area contributed by atoms with Gasteiger partial charge in [-0.25, -0.2) is 4.98 Å². The lowest BCUT2D eigenvalue weighted by molar-refractivity contribution is -0.0382. The zero-order valence-corrected chi connectivity index (χ0v) is 22.5. The van der Waals surface area contributed by atoms with Crippen molar-refractivity contribution in [2.75, 3.05) is 0 Å². The predicted molar refractivity (Wildman–Crippen MR) is 138 cm³/mol. The molecule has 0 radical (unpaired) electrons. The van der Waals surface area contributed by atoms with E-state index in [1.165, 1.54) is 19.3 Å². The fourth-order valence-electron chi connectivity index (χ4n) is 4.30. The van der Waals surface area contributed by atoms with Crippen molar-refractivity contribution >= 4 is 16.9 Å². The number of nitrogens with one attached hydrogen (secondary N) is 1. The summed E-state index contributed by atoms with van der Waals surface area (Å²) in [6, 6.07) is 2.02. The number of nitrogens with zero attached hydrogens (tertiary/aromatic N) is 2. The van der Waals surface area contributed by atoms with Crippen LogP contribution < -0.4 is 0 Å². The molecule has 2 heterocycles. The Morgan fingerprint density at radius 2 is 1.79 bits per heavy atom. The molecule has 0 saturated carbocycles. The van der Waals surface area contributed by atoms with E-state index in [-0.39, 0.29) is 23.4 Å². The number of carbonyl (C=O) groups is 1. The number of ketones is 1. The first-order valence-electron chi connectivity index (χ1n) is 12.8. The maximum atomic E-state index is 12.9. The van der Waals surface area contributed by atoms with Crippen molar-refractivity contribution < 1.29 is 9.53 Å². The molecule has 5 nitrogen and oxygen atoms in total. The van der Waals surface area contributed by atoms with Gasteiger partial charge in [0.05, 0.1) is 18.4 Å². The molecule has 2 rings (SSSR count). The summed E-state index contributed by atoms with van der Waals surface area (Å²) in [5.41, 5.74) is 3.34. The second-order valence-corrected chi connectivity index (χ2v) is 12.1. The number of ether oxygens (including phenoxy) is 1. The maximum Gasteiger partial charge on any atom is 0.182 e. The van der Waals surface area contributed by atoms with E-state index in [9.17, 15) is 4.79 Å². The lowest BCUT2D eigenvalue weighted by Crippen LogP contribution is -2.28. The number of rotatable bonds is 12. The number of H-pyrrole nitrogens is 1. The average molecular weight is 458 g/mol. The van der Waals surface area contributed by atoms with Crippen molar-refractivity contribution in [2.24, 2.45) is 11.3 Å². The lowest BCUT2D eigenvalue weighted by atomic mass is 9.82. The minimum Gasteiger partial charge on any atom is -0.375 e. The van der Waals surface area contributed by atoms with E-state index in [1.807, 2.05) is 6.07 Å². The van der Waals surface area contributed by atoms with Crippen molar-refractivity contribution in [1.82, 2.24) is 15.0 Å². The molecule has 186 valence electrons. The molecule has 2 aromatic heterocycles. The van der Waals surface area contributed by atoms with Crippen LogP contribution in [-0.2, 0) is 10.2 Å². The highest BCUT2D eigenvalue weighted by atomic mass is 16.5. The molecule has 0 bridgehead atoms. The molecule has 0 saturated heterocycles. The van der Waals surface area contributed by atoms with Crippen LogP contribution in [0.2, 0.25) is 0 Å². The Labute approximate surface area is 201 Å². The molecule has 2 atom stereocenters. The predicted octanol–water partition coefficient (Wildman–Crippen LogP) is 7.64. The topological polar surface area (TPSA) is 67.9 Å². The van der Waals surface area contributed by atoms with Crippen LogP contribution in [0, 0.1) is 11.3 Å². The molecule has 0 aliphatic heterocycles. The Morgan fingerprint density at radius 3 is 2.36 bits per heavy atom. The van der Waals surface area contributed by atoms with Gasteiger partial charge in [-0.05, 0) is 63.4 Å². The number of Topliss-reactive ketones (excluding diaryl/α,β-unsaturated/α-hetero) is 1. The van der Waals surface area contributed by atoms with Gasteiger partial charge in [-0.3, -0.25) is 9.78 Å². The molecular weight excluding hydrogens is 410 g/mol. The highest BCUT2D eigenvalue weighted by Gasteiger charge is 2.25. The van der Waals surface area contributed by atoms with Gasteiger partial charge in [-0.15, -0.1) is 0 Å². The Kier molecular flexibility index (Phi) is 9.66. The van der Waals surface area contributed by atoms with E-state index >= 15 is 0 Å². The first-order chi connectivity index (χ1) is 15.3. The number of carbonyl (C=O) groups excluding carboxylic acids is 1. The normalized spacial score (nSPS) is 14.7. The number of hydrogen-bond acceptors (Lipinski definition) is 4. The summed E-state index contributed by atoms with van der Waals surface area (Å²) >= 11 is 0. The third kappa shape index (κ3) is 8.84. The van der Waals surface area contributed by atoms with Crippen LogP contribution in [0.1, 0.15) is 123 Å². The van der Waals surface area contributed by atoms with Gasteiger partial charge in [0.25, 0.3) is 0 Å². The summed E-state index contributed by atoms with van der Waals surface area (Å²) in [5, 5.41) is 0. The molecule has 2 aromatic rings. The van der Waals surface area contributed by atoms with E-state index in [0.29, 0.717) is 29.1 Å². The monoisotopic (exact) mass is 457 g/mol. The van der Waals surface area contributed by atoms with Crippen LogP contribution in [0.3, 0.4) is 0 Å². The standard InChI is InChI=1S/C28H47N3O2/c1-10-12-20(15-16-27(4,5)6)24(33-19(2)3)14-11-13-23(32)22-18-29-21-17-25(28(7,8)9)31-26(21)30-22/h17-20,24H,10-16H2,1-9H3,(H,30,31)/t20-,24?/m0/s1. The van der Waals surface area contributed by atoms with E-state index in [1.54, 1.807) is 6.20 Å². The van der Waals surface area contributed by atoms with Crippen LogP contribution >= 0.6 is 0 Å². The highest BCUT2D eigenvalue weighted by Crippen LogP contribution is 2.31. The fourth-order valence-corrected chi connectivity index (χ4v) is 4.30. The largest absolute Gasteiger partial charge is 0.375 e. The van der Waals surface area contributed by atoms with E-state index < -0.39 is 0 Å². The minimum atomic E-state index is -0.0139. The molecule has 0 aliphatic rings. The summed E-state index contributed by atoms with van der Waals surface area (Å²) in [6.45, 7) is 19.8. The number of fused-ring (bicyclic) bond motifs is 1. The first-order valence-corrected chi connectivity index (χ1v) is 12.8. The molecule has 0 amide bonds. The van der Waals surface area contributed by atoms with Crippen LogP contribution in [0.15, 0.2) is 12.3 Å². The zero-order valence-electron chi connectivity index (χ0n) is 22.5.